The van der Waals surface area contributed by atoms with Crippen LogP contribution in [0.15, 0.2) is 24.3 Å². The molecule has 1 fully saturated rings. The summed E-state index contributed by atoms with van der Waals surface area (Å²) in [6.45, 7) is 7.49. The van der Waals surface area contributed by atoms with Gasteiger partial charge in [-0.05, 0) is 48.9 Å². The van der Waals surface area contributed by atoms with Gasteiger partial charge in [-0.15, -0.1) is 0 Å². The number of likely N-dealkylation sites (N-methyl/N-ethyl adjacent to an activating group) is 1. The van der Waals surface area contributed by atoms with Crippen molar-refractivity contribution in [3.8, 4) is 5.75 Å². The summed E-state index contributed by atoms with van der Waals surface area (Å²) in [4.78, 5) is 0. The average molecular weight is 289 g/mol. The molecule has 2 nitrogen and oxygen atoms in total. The van der Waals surface area contributed by atoms with E-state index in [9.17, 15) is 0 Å². The Morgan fingerprint density at radius 2 is 1.71 bits per heavy atom. The Kier molecular flexibility index (Phi) is 5.69. The van der Waals surface area contributed by atoms with E-state index < -0.39 is 0 Å². The number of hydrogen-bond donors (Lipinski definition) is 1. The second kappa shape index (κ2) is 7.31. The summed E-state index contributed by atoms with van der Waals surface area (Å²) < 4.78 is 6.02. The normalized spacial score (nSPS) is 18.5. The minimum absolute atomic E-state index is 0.203. The van der Waals surface area contributed by atoms with Crippen molar-refractivity contribution < 1.29 is 4.74 Å². The van der Waals surface area contributed by atoms with E-state index in [1.54, 1.807) is 0 Å². The maximum Gasteiger partial charge on any atom is 0.119 e. The van der Waals surface area contributed by atoms with Crippen molar-refractivity contribution >= 4 is 0 Å². The summed E-state index contributed by atoms with van der Waals surface area (Å²) >= 11 is 0. The molecule has 0 spiro atoms. The monoisotopic (exact) mass is 289 g/mol. The van der Waals surface area contributed by atoms with Crippen molar-refractivity contribution in [3.05, 3.63) is 29.8 Å². The second-order valence-corrected chi connectivity index (χ2v) is 7.38. The van der Waals surface area contributed by atoms with E-state index in [0.29, 0.717) is 6.04 Å². The number of benzene rings is 1. The third-order valence-corrected chi connectivity index (χ3v) is 4.74. The molecule has 2 rings (SSSR count). The summed E-state index contributed by atoms with van der Waals surface area (Å²) in [6, 6.07) is 9.06. The van der Waals surface area contributed by atoms with E-state index in [1.807, 2.05) is 0 Å². The molecule has 0 aliphatic heterocycles. The van der Waals surface area contributed by atoms with Crippen LogP contribution in [-0.2, 0) is 5.41 Å². The SMILES string of the molecule is CNC(COc1ccc(C(C)(C)C)cc1)C1CCCCC1. The van der Waals surface area contributed by atoms with Crippen molar-refractivity contribution in [2.75, 3.05) is 13.7 Å². The van der Waals surface area contributed by atoms with Gasteiger partial charge in [0.2, 0.25) is 0 Å². The first-order valence-corrected chi connectivity index (χ1v) is 8.41. The molecule has 0 amide bonds. The Balaban J connectivity index is 1.89. The molecular weight excluding hydrogens is 258 g/mol. The lowest BCUT2D eigenvalue weighted by Crippen LogP contribution is -2.39. The van der Waals surface area contributed by atoms with E-state index in [2.05, 4.69) is 57.4 Å². The molecule has 1 atom stereocenters. The minimum atomic E-state index is 0.203. The molecular formula is C19H31NO. The molecule has 1 aromatic carbocycles. The molecule has 2 heteroatoms. The molecule has 0 aromatic heterocycles. The van der Waals surface area contributed by atoms with E-state index in [-0.39, 0.29) is 5.41 Å². The molecule has 21 heavy (non-hydrogen) atoms. The largest absolute Gasteiger partial charge is 0.492 e. The van der Waals surface area contributed by atoms with Gasteiger partial charge in [-0.1, -0.05) is 52.2 Å². The first-order chi connectivity index (χ1) is 10.0. The van der Waals surface area contributed by atoms with Crippen LogP contribution in [-0.4, -0.2) is 19.7 Å². The van der Waals surface area contributed by atoms with E-state index >= 15 is 0 Å². The Morgan fingerprint density at radius 3 is 2.24 bits per heavy atom. The van der Waals surface area contributed by atoms with Gasteiger partial charge in [-0.3, -0.25) is 0 Å². The highest BCUT2D eigenvalue weighted by Gasteiger charge is 2.22. The molecule has 0 bridgehead atoms. The van der Waals surface area contributed by atoms with Crippen molar-refractivity contribution in [1.29, 1.82) is 0 Å². The lowest BCUT2D eigenvalue weighted by molar-refractivity contribution is 0.192. The van der Waals surface area contributed by atoms with Crippen molar-refractivity contribution in [2.45, 2.75) is 64.3 Å². The van der Waals surface area contributed by atoms with Crippen LogP contribution in [0.4, 0.5) is 0 Å². The zero-order chi connectivity index (χ0) is 15.3. The van der Waals surface area contributed by atoms with E-state index in [4.69, 9.17) is 4.74 Å². The maximum atomic E-state index is 6.02. The zero-order valence-electron chi connectivity index (χ0n) is 14.1. The standard InChI is InChI=1S/C19H31NO/c1-19(2,3)16-10-12-17(13-11-16)21-14-18(20-4)15-8-6-5-7-9-15/h10-13,15,18,20H,5-9,14H2,1-4H3. The van der Waals surface area contributed by atoms with Crippen LogP contribution in [0.2, 0.25) is 0 Å². The van der Waals surface area contributed by atoms with Crippen LogP contribution >= 0.6 is 0 Å². The Hall–Kier alpha value is -1.02. The van der Waals surface area contributed by atoms with Gasteiger partial charge < -0.3 is 10.1 Å². The topological polar surface area (TPSA) is 21.3 Å². The van der Waals surface area contributed by atoms with Crippen molar-refractivity contribution in [2.24, 2.45) is 5.92 Å². The molecule has 1 aliphatic carbocycles. The minimum Gasteiger partial charge on any atom is -0.492 e. The van der Waals surface area contributed by atoms with Gasteiger partial charge in [0.15, 0.2) is 0 Å². The smallest absolute Gasteiger partial charge is 0.119 e. The Labute approximate surface area is 130 Å². The molecule has 1 unspecified atom stereocenters. The van der Waals surface area contributed by atoms with Crippen LogP contribution in [0, 0.1) is 5.92 Å². The van der Waals surface area contributed by atoms with Gasteiger partial charge >= 0.3 is 0 Å². The van der Waals surface area contributed by atoms with Gasteiger partial charge in [0.1, 0.15) is 12.4 Å². The molecule has 0 radical (unpaired) electrons. The summed E-state index contributed by atoms with van der Waals surface area (Å²) in [7, 11) is 2.06. The first-order valence-electron chi connectivity index (χ1n) is 8.41. The third kappa shape index (κ3) is 4.74. The first kappa shape index (κ1) is 16.4. The van der Waals surface area contributed by atoms with E-state index in [0.717, 1.165) is 18.3 Å². The highest BCUT2D eigenvalue weighted by atomic mass is 16.5. The predicted octanol–water partition coefficient (Wildman–Crippen LogP) is 4.53. The molecule has 1 aliphatic rings. The quantitative estimate of drug-likeness (QED) is 0.860. The highest BCUT2D eigenvalue weighted by Crippen LogP contribution is 2.27. The number of nitrogens with one attached hydrogen (secondary N) is 1. The lowest BCUT2D eigenvalue weighted by atomic mass is 9.84. The molecule has 0 saturated heterocycles. The van der Waals surface area contributed by atoms with Gasteiger partial charge in [0.25, 0.3) is 0 Å². The lowest BCUT2D eigenvalue weighted by Gasteiger charge is -2.30. The van der Waals surface area contributed by atoms with E-state index in [1.165, 1.54) is 37.7 Å². The molecule has 0 heterocycles. The summed E-state index contributed by atoms with van der Waals surface area (Å²) in [5.41, 5.74) is 1.56. The molecule has 1 aromatic rings. The van der Waals surface area contributed by atoms with Crippen LogP contribution in [0.3, 0.4) is 0 Å². The fourth-order valence-corrected chi connectivity index (χ4v) is 3.23. The van der Waals surface area contributed by atoms with Gasteiger partial charge in [-0.2, -0.15) is 0 Å². The van der Waals surface area contributed by atoms with Gasteiger partial charge in [0, 0.05) is 6.04 Å². The molecule has 1 saturated carbocycles. The van der Waals surface area contributed by atoms with Crippen LogP contribution in [0.5, 0.6) is 5.75 Å². The van der Waals surface area contributed by atoms with Crippen LogP contribution in [0.1, 0.15) is 58.4 Å². The Bertz CT molecular complexity index is 412. The Morgan fingerprint density at radius 1 is 1.10 bits per heavy atom. The number of hydrogen-bond acceptors (Lipinski definition) is 2. The summed E-state index contributed by atoms with van der Waals surface area (Å²) in [6.07, 6.45) is 6.85. The van der Waals surface area contributed by atoms with Gasteiger partial charge in [0.05, 0.1) is 0 Å². The summed E-state index contributed by atoms with van der Waals surface area (Å²) in [5.74, 6) is 1.76. The summed E-state index contributed by atoms with van der Waals surface area (Å²) in [5, 5.41) is 3.45. The second-order valence-electron chi connectivity index (χ2n) is 7.38. The zero-order valence-corrected chi connectivity index (χ0v) is 14.1. The molecule has 1 N–H and O–H groups in total. The predicted molar refractivity (Wildman–Crippen MR) is 90.1 cm³/mol. The van der Waals surface area contributed by atoms with Gasteiger partial charge in [-0.25, -0.2) is 0 Å². The van der Waals surface area contributed by atoms with Crippen LogP contribution < -0.4 is 10.1 Å². The van der Waals surface area contributed by atoms with Crippen LogP contribution in [0.25, 0.3) is 0 Å². The number of ether oxygens (including phenoxy) is 1. The average Bonchev–Trinajstić information content (AvgIpc) is 2.48. The highest BCUT2D eigenvalue weighted by molar-refractivity contribution is 5.31. The fourth-order valence-electron chi connectivity index (χ4n) is 3.23. The maximum absolute atomic E-state index is 6.02. The number of rotatable bonds is 5. The van der Waals surface area contributed by atoms with Crippen molar-refractivity contribution in [3.63, 3.8) is 0 Å². The fraction of sp³-hybridized carbons (Fsp3) is 0.684. The third-order valence-electron chi connectivity index (χ3n) is 4.74. The molecule has 118 valence electrons. The van der Waals surface area contributed by atoms with Crippen molar-refractivity contribution in [1.82, 2.24) is 5.32 Å².